The number of benzene rings is 1. The van der Waals surface area contributed by atoms with Gasteiger partial charge in [0.2, 0.25) is 0 Å². The van der Waals surface area contributed by atoms with Crippen LogP contribution in [0.5, 0.6) is 0 Å². The van der Waals surface area contributed by atoms with Crippen molar-refractivity contribution < 1.29 is 0 Å². The Balaban J connectivity index is 2.35. The van der Waals surface area contributed by atoms with Crippen molar-refractivity contribution in [3.05, 3.63) is 34.6 Å². The van der Waals surface area contributed by atoms with Gasteiger partial charge < -0.3 is 4.90 Å². The van der Waals surface area contributed by atoms with Gasteiger partial charge in [-0.3, -0.25) is 4.79 Å². The molecule has 0 aliphatic carbocycles. The van der Waals surface area contributed by atoms with Gasteiger partial charge in [-0.05, 0) is 19.9 Å². The molecule has 0 atom stereocenters. The van der Waals surface area contributed by atoms with Crippen molar-refractivity contribution in [2.75, 3.05) is 18.0 Å². The van der Waals surface area contributed by atoms with E-state index in [9.17, 15) is 4.79 Å². The molecule has 0 spiro atoms. The van der Waals surface area contributed by atoms with Crippen LogP contribution in [0.2, 0.25) is 0 Å². The number of fused-ring (bicyclic) bond motifs is 3. The average molecular weight is 290 g/mol. The molecule has 3 rings (SSSR count). The number of anilines is 1. The smallest absolute Gasteiger partial charge is 0.291 e. The van der Waals surface area contributed by atoms with Gasteiger partial charge in [0.05, 0.1) is 4.70 Å². The van der Waals surface area contributed by atoms with Crippen LogP contribution >= 0.6 is 22.7 Å². The minimum Gasteiger partial charge on any atom is -0.349 e. The first-order valence-electron chi connectivity index (χ1n) is 6.32. The first-order chi connectivity index (χ1) is 9.24. The van der Waals surface area contributed by atoms with E-state index >= 15 is 0 Å². The largest absolute Gasteiger partial charge is 0.349 e. The molecule has 19 heavy (non-hydrogen) atoms. The fourth-order valence-electron chi connectivity index (χ4n) is 2.15. The summed E-state index contributed by atoms with van der Waals surface area (Å²) in [5.74, 6) is 0. The number of aromatic nitrogens is 1. The fraction of sp³-hybridized carbons (Fsp3) is 0.286. The molecule has 0 saturated carbocycles. The summed E-state index contributed by atoms with van der Waals surface area (Å²) in [6.45, 7) is 5.90. The molecule has 3 nitrogen and oxygen atoms in total. The van der Waals surface area contributed by atoms with E-state index in [1.807, 2.05) is 12.1 Å². The fourth-order valence-corrected chi connectivity index (χ4v) is 4.61. The molecule has 2 heterocycles. The van der Waals surface area contributed by atoms with Gasteiger partial charge in [0.1, 0.15) is 4.70 Å². The SMILES string of the molecule is CCN(CC)c1nc(=O)c2sc3ccccc3c2s1. The van der Waals surface area contributed by atoms with E-state index in [1.54, 1.807) is 22.7 Å². The standard InChI is InChI=1S/C14H14N2OS2/c1-3-16(4-2)14-15-13(17)12-11(19-14)9-7-5-6-8-10(9)18-12/h5-8H,3-4H2,1-2H3. The van der Waals surface area contributed by atoms with E-state index in [0.29, 0.717) is 0 Å². The molecule has 0 aliphatic rings. The third-order valence-electron chi connectivity index (χ3n) is 3.17. The van der Waals surface area contributed by atoms with Crippen LogP contribution in [0.15, 0.2) is 29.1 Å². The zero-order valence-corrected chi connectivity index (χ0v) is 12.5. The molecule has 0 N–H and O–H groups in total. The van der Waals surface area contributed by atoms with Crippen molar-refractivity contribution >= 4 is 47.3 Å². The topological polar surface area (TPSA) is 33.2 Å². The number of rotatable bonds is 3. The lowest BCUT2D eigenvalue weighted by Crippen LogP contribution is -2.24. The maximum atomic E-state index is 12.2. The minimum atomic E-state index is -0.100. The minimum absolute atomic E-state index is 0.100. The Hall–Kier alpha value is -1.46. The second kappa shape index (κ2) is 4.90. The highest BCUT2D eigenvalue weighted by Gasteiger charge is 2.13. The van der Waals surface area contributed by atoms with Gasteiger partial charge in [-0.1, -0.05) is 29.5 Å². The molecule has 0 unspecified atom stereocenters. The monoisotopic (exact) mass is 290 g/mol. The van der Waals surface area contributed by atoms with Crippen molar-refractivity contribution in [1.29, 1.82) is 0 Å². The first-order valence-corrected chi connectivity index (χ1v) is 7.95. The van der Waals surface area contributed by atoms with Crippen molar-refractivity contribution in [3.8, 4) is 0 Å². The van der Waals surface area contributed by atoms with Crippen LogP contribution in [-0.2, 0) is 0 Å². The molecule has 1 aromatic carbocycles. The summed E-state index contributed by atoms with van der Waals surface area (Å²) in [5, 5.41) is 1.99. The van der Waals surface area contributed by atoms with Crippen molar-refractivity contribution in [1.82, 2.24) is 4.98 Å². The van der Waals surface area contributed by atoms with Gasteiger partial charge in [-0.2, -0.15) is 4.98 Å². The molecule has 0 fully saturated rings. The van der Waals surface area contributed by atoms with Crippen LogP contribution in [0.4, 0.5) is 5.13 Å². The zero-order valence-electron chi connectivity index (χ0n) is 10.8. The van der Waals surface area contributed by atoms with Crippen molar-refractivity contribution in [2.45, 2.75) is 13.8 Å². The highest BCUT2D eigenvalue weighted by molar-refractivity contribution is 7.32. The van der Waals surface area contributed by atoms with Crippen LogP contribution in [0.25, 0.3) is 19.5 Å². The first kappa shape index (κ1) is 12.6. The molecule has 0 radical (unpaired) electrons. The van der Waals surface area contributed by atoms with E-state index in [2.05, 4.69) is 35.9 Å². The summed E-state index contributed by atoms with van der Waals surface area (Å²) in [4.78, 5) is 18.5. The summed E-state index contributed by atoms with van der Waals surface area (Å²) in [6.07, 6.45) is 0. The van der Waals surface area contributed by atoms with E-state index in [-0.39, 0.29) is 5.56 Å². The Morgan fingerprint density at radius 1 is 1.11 bits per heavy atom. The number of nitrogens with zero attached hydrogens (tertiary/aromatic N) is 2. The summed E-state index contributed by atoms with van der Waals surface area (Å²) in [5.41, 5.74) is -0.100. The quantitative estimate of drug-likeness (QED) is 0.737. The van der Waals surface area contributed by atoms with Crippen molar-refractivity contribution in [2.24, 2.45) is 0 Å². The second-order valence-corrected chi connectivity index (χ2v) is 6.26. The maximum Gasteiger partial charge on any atom is 0.291 e. The molecule has 5 heteroatoms. The number of thiophene rings is 1. The van der Waals surface area contributed by atoms with Crippen LogP contribution in [0, 0.1) is 0 Å². The Morgan fingerprint density at radius 2 is 1.84 bits per heavy atom. The lowest BCUT2D eigenvalue weighted by Gasteiger charge is -2.18. The van der Waals surface area contributed by atoms with Crippen LogP contribution in [-0.4, -0.2) is 18.1 Å². The molecular formula is C14H14N2OS2. The Morgan fingerprint density at radius 3 is 2.58 bits per heavy atom. The molecule has 98 valence electrons. The number of hydrogen-bond donors (Lipinski definition) is 0. The number of hydrogen-bond acceptors (Lipinski definition) is 5. The predicted molar refractivity (Wildman–Crippen MR) is 84.8 cm³/mol. The van der Waals surface area contributed by atoms with Gasteiger partial charge in [0.25, 0.3) is 5.56 Å². The lowest BCUT2D eigenvalue weighted by molar-refractivity contribution is 0.856. The molecule has 0 bridgehead atoms. The van der Waals surface area contributed by atoms with Crippen LogP contribution in [0.3, 0.4) is 0 Å². The Kier molecular flexibility index (Phi) is 3.24. The molecule has 2 aromatic heterocycles. The molecule has 0 amide bonds. The highest BCUT2D eigenvalue weighted by atomic mass is 32.1. The zero-order chi connectivity index (χ0) is 13.4. The summed E-state index contributed by atoms with van der Waals surface area (Å²) >= 11 is 3.16. The molecular weight excluding hydrogens is 276 g/mol. The van der Waals surface area contributed by atoms with Crippen molar-refractivity contribution in [3.63, 3.8) is 0 Å². The van der Waals surface area contributed by atoms with E-state index in [1.165, 1.54) is 5.39 Å². The van der Waals surface area contributed by atoms with E-state index in [4.69, 9.17) is 0 Å². The van der Waals surface area contributed by atoms with Gasteiger partial charge in [-0.15, -0.1) is 11.3 Å². The Labute approximate surface area is 119 Å². The molecule has 0 saturated heterocycles. The third-order valence-corrected chi connectivity index (χ3v) is 5.62. The maximum absolute atomic E-state index is 12.2. The molecule has 0 aliphatic heterocycles. The van der Waals surface area contributed by atoms with E-state index in [0.717, 1.165) is 32.3 Å². The average Bonchev–Trinajstić information content (AvgIpc) is 2.80. The summed E-state index contributed by atoms with van der Waals surface area (Å²) < 4.78 is 3.01. The van der Waals surface area contributed by atoms with Crippen LogP contribution in [0.1, 0.15) is 13.8 Å². The van der Waals surface area contributed by atoms with E-state index < -0.39 is 0 Å². The lowest BCUT2D eigenvalue weighted by atomic mass is 10.2. The normalized spacial score (nSPS) is 11.3. The van der Waals surface area contributed by atoms with Gasteiger partial charge >= 0.3 is 0 Å². The highest BCUT2D eigenvalue weighted by Crippen LogP contribution is 2.36. The second-order valence-electron chi connectivity index (χ2n) is 4.23. The van der Waals surface area contributed by atoms with Gasteiger partial charge in [-0.25, -0.2) is 0 Å². The Bertz CT molecular complexity index is 787. The van der Waals surface area contributed by atoms with Crippen LogP contribution < -0.4 is 10.5 Å². The summed E-state index contributed by atoms with van der Waals surface area (Å²) in [7, 11) is 0. The van der Waals surface area contributed by atoms with Gasteiger partial charge in [0.15, 0.2) is 5.13 Å². The summed E-state index contributed by atoms with van der Waals surface area (Å²) in [6, 6.07) is 8.16. The molecule has 3 aromatic rings. The van der Waals surface area contributed by atoms with Gasteiger partial charge in [0, 0.05) is 23.2 Å². The third kappa shape index (κ3) is 2.03. The predicted octanol–water partition coefficient (Wildman–Crippen LogP) is 3.72.